The number of aromatic nitrogens is 4. The van der Waals surface area contributed by atoms with E-state index in [0.717, 1.165) is 91.5 Å². The Hall–Kier alpha value is -3.98. The smallest absolute Gasteiger partial charge is 0.230 e. The van der Waals surface area contributed by atoms with Crippen LogP contribution in [0.15, 0.2) is 48.5 Å². The topological polar surface area (TPSA) is 135 Å². The minimum absolute atomic E-state index is 0.100. The summed E-state index contributed by atoms with van der Waals surface area (Å²) >= 11 is 2.78. The molecule has 2 N–H and O–H groups in total. The van der Waals surface area contributed by atoms with Gasteiger partial charge in [0.05, 0.1) is 39.3 Å². The van der Waals surface area contributed by atoms with Crippen LogP contribution in [0.1, 0.15) is 53.2 Å². The summed E-state index contributed by atoms with van der Waals surface area (Å²) in [5.74, 6) is -0.0471. The molecule has 4 heterocycles. The van der Waals surface area contributed by atoms with Crippen LogP contribution < -0.4 is 20.4 Å². The molecule has 0 unspecified atom stereocenters. The molecule has 0 aliphatic carbocycles. The van der Waals surface area contributed by atoms with Crippen molar-refractivity contribution in [2.45, 2.75) is 44.9 Å². The number of amides is 2. The largest absolute Gasteiger partial charge is 0.378 e. The zero-order valence-electron chi connectivity index (χ0n) is 26.7. The van der Waals surface area contributed by atoms with Crippen LogP contribution >= 0.6 is 22.7 Å². The average molecular weight is 677 g/mol. The second-order valence-electron chi connectivity index (χ2n) is 11.9. The Balaban J connectivity index is 0.943. The lowest BCUT2D eigenvalue weighted by Gasteiger charge is -2.28. The number of benzene rings is 2. The second kappa shape index (κ2) is 15.7. The molecule has 12 nitrogen and oxygen atoms in total. The molecule has 2 aromatic heterocycles. The molecule has 0 saturated carbocycles. The predicted molar refractivity (Wildman–Crippen MR) is 185 cm³/mol. The fraction of sp³-hybridized carbons (Fsp3) is 0.455. The van der Waals surface area contributed by atoms with Gasteiger partial charge in [0.25, 0.3) is 0 Å². The summed E-state index contributed by atoms with van der Waals surface area (Å²) in [4.78, 5) is 30.0. The van der Waals surface area contributed by atoms with Gasteiger partial charge in [0, 0.05) is 49.4 Å². The minimum Gasteiger partial charge on any atom is -0.378 e. The lowest BCUT2D eigenvalue weighted by Crippen LogP contribution is -2.36. The summed E-state index contributed by atoms with van der Waals surface area (Å²) < 4.78 is 10.9. The summed E-state index contributed by atoms with van der Waals surface area (Å²) in [5.41, 5.74) is 4.17. The van der Waals surface area contributed by atoms with E-state index in [0.29, 0.717) is 10.3 Å². The number of hydrogen-bond donors (Lipinski definition) is 2. The van der Waals surface area contributed by atoms with E-state index in [2.05, 4.69) is 78.9 Å². The summed E-state index contributed by atoms with van der Waals surface area (Å²) in [6.07, 6.45) is 1.31. The van der Waals surface area contributed by atoms with Gasteiger partial charge in [0.1, 0.15) is 10.0 Å². The fourth-order valence-electron chi connectivity index (χ4n) is 5.69. The average Bonchev–Trinajstić information content (AvgIpc) is 3.76. The van der Waals surface area contributed by atoms with Gasteiger partial charge in [0.2, 0.25) is 22.1 Å². The Labute approximate surface area is 282 Å². The van der Waals surface area contributed by atoms with Crippen molar-refractivity contribution in [3.05, 3.63) is 69.7 Å². The highest BCUT2D eigenvalue weighted by Crippen LogP contribution is 2.34. The van der Waals surface area contributed by atoms with Crippen LogP contribution in [-0.4, -0.2) is 84.8 Å². The molecule has 14 heteroatoms. The molecular weight excluding hydrogens is 637 g/mol. The van der Waals surface area contributed by atoms with Gasteiger partial charge in [-0.25, -0.2) is 0 Å². The molecule has 2 saturated heterocycles. The van der Waals surface area contributed by atoms with Crippen molar-refractivity contribution in [2.24, 2.45) is 0 Å². The van der Waals surface area contributed by atoms with Crippen LogP contribution in [0.4, 0.5) is 21.6 Å². The number of carbonyl (C=O) groups is 2. The number of hydrogen-bond acceptors (Lipinski definition) is 12. The van der Waals surface area contributed by atoms with E-state index >= 15 is 0 Å². The Kier molecular flexibility index (Phi) is 11.0. The molecule has 248 valence electrons. The van der Waals surface area contributed by atoms with Crippen LogP contribution in [0.2, 0.25) is 0 Å². The Bertz CT molecular complexity index is 1500. The third kappa shape index (κ3) is 9.10. The number of rotatable bonds is 12. The normalized spacial score (nSPS) is 16.5. The maximum absolute atomic E-state index is 12.7. The molecule has 2 aliphatic rings. The second-order valence-corrected chi connectivity index (χ2v) is 13.9. The number of carbonyl (C=O) groups excluding carboxylic acids is 2. The quantitative estimate of drug-likeness (QED) is 0.217. The van der Waals surface area contributed by atoms with Crippen molar-refractivity contribution in [3.63, 3.8) is 0 Å². The summed E-state index contributed by atoms with van der Waals surface area (Å²) in [6.45, 7) is 10.6. The first-order chi connectivity index (χ1) is 22.9. The van der Waals surface area contributed by atoms with Crippen molar-refractivity contribution >= 4 is 56.1 Å². The van der Waals surface area contributed by atoms with Crippen LogP contribution in [0.25, 0.3) is 0 Å². The molecule has 2 fully saturated rings. The molecule has 2 aliphatic heterocycles. The molecule has 2 atom stereocenters. The van der Waals surface area contributed by atoms with E-state index < -0.39 is 0 Å². The maximum Gasteiger partial charge on any atom is 0.230 e. The highest BCUT2D eigenvalue weighted by Gasteiger charge is 2.21. The Morgan fingerprint density at radius 1 is 0.660 bits per heavy atom. The van der Waals surface area contributed by atoms with Crippen molar-refractivity contribution in [2.75, 3.05) is 73.0 Å². The molecule has 47 heavy (non-hydrogen) atoms. The molecule has 0 spiro atoms. The van der Waals surface area contributed by atoms with Crippen LogP contribution in [0.5, 0.6) is 0 Å². The van der Waals surface area contributed by atoms with Crippen LogP contribution in [-0.2, 0) is 31.9 Å². The summed E-state index contributed by atoms with van der Waals surface area (Å²) in [7, 11) is 0. The third-order valence-corrected chi connectivity index (χ3v) is 10.4. The summed E-state index contributed by atoms with van der Waals surface area (Å²) in [6, 6.07) is 16.2. The Morgan fingerprint density at radius 2 is 1.04 bits per heavy atom. The molecule has 4 aromatic rings. The molecule has 2 amide bonds. The number of morpholine rings is 2. The highest BCUT2D eigenvalue weighted by atomic mass is 32.1. The first-order valence-corrected chi connectivity index (χ1v) is 17.6. The number of ether oxygens (including phenoxy) is 2. The van der Waals surface area contributed by atoms with E-state index in [9.17, 15) is 9.59 Å². The van der Waals surface area contributed by atoms with E-state index in [-0.39, 0.29) is 36.5 Å². The lowest BCUT2D eigenvalue weighted by atomic mass is 9.98. The van der Waals surface area contributed by atoms with Gasteiger partial charge in [0.15, 0.2) is 0 Å². The Morgan fingerprint density at radius 3 is 1.43 bits per heavy atom. The zero-order chi connectivity index (χ0) is 32.6. The monoisotopic (exact) mass is 676 g/mol. The van der Waals surface area contributed by atoms with Crippen molar-refractivity contribution in [3.8, 4) is 0 Å². The van der Waals surface area contributed by atoms with Crippen molar-refractivity contribution < 1.29 is 19.1 Å². The molecule has 2 aromatic carbocycles. The standard InChI is InChI=1S/C33H40N8O4S2/c1-22(30-36-38-32(46-30)34-28(42)20-24-3-7-26(8-4-24)40-11-15-44-16-12-40)19-23(2)31-37-39-33(47-31)35-29(43)21-25-5-9-27(10-6-25)41-13-17-45-18-14-41/h3-10,22-23H,11-21H2,1-2H3,(H,34,38,42)(H,35,39,43)/t22-,23-/m0/s1. The first kappa shape index (κ1) is 32.9. The van der Waals surface area contributed by atoms with Crippen molar-refractivity contribution in [1.82, 2.24) is 20.4 Å². The predicted octanol–water partition coefficient (Wildman–Crippen LogP) is 4.72. The third-order valence-electron chi connectivity index (χ3n) is 8.28. The fourth-order valence-corrected chi connectivity index (χ4v) is 7.34. The number of anilines is 4. The SMILES string of the molecule is C[C@@H](C[C@H](C)c1nnc(NC(=O)Cc2ccc(N3CCOCC3)cc2)s1)c1nnc(NC(=O)Cc2ccc(N3CCOCC3)cc2)s1. The van der Waals surface area contributed by atoms with Gasteiger partial charge in [-0.2, -0.15) is 0 Å². The lowest BCUT2D eigenvalue weighted by molar-refractivity contribution is -0.116. The van der Waals surface area contributed by atoms with Gasteiger partial charge in [-0.1, -0.05) is 60.8 Å². The van der Waals surface area contributed by atoms with Gasteiger partial charge in [-0.15, -0.1) is 20.4 Å². The number of nitrogens with zero attached hydrogens (tertiary/aromatic N) is 6. The van der Waals surface area contributed by atoms with Gasteiger partial charge in [-0.3, -0.25) is 9.59 Å². The van der Waals surface area contributed by atoms with Gasteiger partial charge >= 0.3 is 0 Å². The zero-order valence-corrected chi connectivity index (χ0v) is 28.3. The van der Waals surface area contributed by atoms with E-state index in [1.165, 1.54) is 22.7 Å². The van der Waals surface area contributed by atoms with Crippen molar-refractivity contribution in [1.29, 1.82) is 0 Å². The molecule has 6 rings (SSSR count). The minimum atomic E-state index is -0.124. The maximum atomic E-state index is 12.7. The number of nitrogens with one attached hydrogen (secondary N) is 2. The molecule has 0 radical (unpaired) electrons. The van der Waals surface area contributed by atoms with E-state index in [4.69, 9.17) is 9.47 Å². The van der Waals surface area contributed by atoms with E-state index in [1.807, 2.05) is 24.3 Å². The summed E-state index contributed by atoms with van der Waals surface area (Å²) in [5, 5.41) is 25.6. The van der Waals surface area contributed by atoms with Gasteiger partial charge < -0.3 is 29.9 Å². The van der Waals surface area contributed by atoms with Crippen LogP contribution in [0.3, 0.4) is 0 Å². The van der Waals surface area contributed by atoms with E-state index in [1.54, 1.807) is 0 Å². The first-order valence-electron chi connectivity index (χ1n) is 16.0. The highest BCUT2D eigenvalue weighted by molar-refractivity contribution is 7.15. The van der Waals surface area contributed by atoms with Gasteiger partial charge in [-0.05, 0) is 41.8 Å². The molecule has 0 bridgehead atoms. The van der Waals surface area contributed by atoms with Crippen LogP contribution in [0, 0.1) is 0 Å². The molecular formula is C33H40N8O4S2.